The zero-order valence-electron chi connectivity index (χ0n) is 16.8. The lowest BCUT2D eigenvalue weighted by molar-refractivity contribution is -0.117. The number of carboxylic acids is 1. The molecule has 1 heterocycles. The molecule has 0 saturated carbocycles. The van der Waals surface area contributed by atoms with Crippen molar-refractivity contribution in [3.63, 3.8) is 0 Å². The molecule has 1 N–H and O–H groups in total. The van der Waals surface area contributed by atoms with Gasteiger partial charge < -0.3 is 14.6 Å². The fraction of sp³-hybridized carbons (Fsp3) is 0.304. The average Bonchev–Trinajstić information content (AvgIpc) is 2.98. The van der Waals surface area contributed by atoms with Crippen LogP contribution in [0.1, 0.15) is 41.0 Å². The second-order valence-electron chi connectivity index (χ2n) is 7.00. The fourth-order valence-corrected chi connectivity index (χ4v) is 3.96. The number of anilines is 1. The first-order valence-corrected chi connectivity index (χ1v) is 9.60. The Kier molecular flexibility index (Phi) is 5.54. The summed E-state index contributed by atoms with van der Waals surface area (Å²) in [5, 5.41) is 10.7. The van der Waals surface area contributed by atoms with Crippen LogP contribution in [0.15, 0.2) is 42.5 Å². The molecule has 0 spiro atoms. The molecule has 0 fully saturated rings. The normalized spacial score (nSPS) is 11.0. The van der Waals surface area contributed by atoms with E-state index in [0.717, 1.165) is 27.7 Å². The summed E-state index contributed by atoms with van der Waals surface area (Å²) < 4.78 is 1.77. The molecule has 2 aromatic carbocycles. The molecule has 28 heavy (non-hydrogen) atoms. The van der Waals surface area contributed by atoms with E-state index in [1.165, 1.54) is 0 Å². The van der Waals surface area contributed by atoms with Gasteiger partial charge in [0.15, 0.2) is 0 Å². The smallest absolute Gasteiger partial charge is 0.352 e. The number of nitrogens with zero attached hydrogens (tertiary/aromatic N) is 2. The molecule has 0 aliphatic carbocycles. The van der Waals surface area contributed by atoms with Crippen molar-refractivity contribution in [3.8, 4) is 0 Å². The largest absolute Gasteiger partial charge is 0.477 e. The number of aryl methyl sites for hydroxylation is 3. The van der Waals surface area contributed by atoms with E-state index in [1.54, 1.807) is 9.47 Å². The Morgan fingerprint density at radius 2 is 1.79 bits per heavy atom. The highest BCUT2D eigenvalue weighted by Crippen LogP contribution is 2.29. The van der Waals surface area contributed by atoms with Crippen LogP contribution in [-0.4, -0.2) is 28.1 Å². The molecular formula is C23H26N2O3. The summed E-state index contributed by atoms with van der Waals surface area (Å²) in [4.78, 5) is 27.0. The zero-order chi connectivity index (χ0) is 20.4. The van der Waals surface area contributed by atoms with Gasteiger partial charge in [-0.1, -0.05) is 35.9 Å². The van der Waals surface area contributed by atoms with Crippen molar-refractivity contribution in [2.75, 3.05) is 11.4 Å². The summed E-state index contributed by atoms with van der Waals surface area (Å²) >= 11 is 0. The van der Waals surface area contributed by atoms with Crippen molar-refractivity contribution in [1.29, 1.82) is 0 Å². The van der Waals surface area contributed by atoms with Gasteiger partial charge in [0.2, 0.25) is 5.91 Å². The molecule has 3 aromatic rings. The molecule has 146 valence electrons. The van der Waals surface area contributed by atoms with Crippen LogP contribution in [0, 0.1) is 13.8 Å². The highest BCUT2D eigenvalue weighted by molar-refractivity contribution is 6.03. The number of hydrogen-bond acceptors (Lipinski definition) is 2. The van der Waals surface area contributed by atoms with Gasteiger partial charge in [0.05, 0.1) is 6.42 Å². The summed E-state index contributed by atoms with van der Waals surface area (Å²) in [5.74, 6) is -1.11. The highest BCUT2D eigenvalue weighted by Gasteiger charge is 2.25. The third kappa shape index (κ3) is 3.40. The maximum Gasteiger partial charge on any atom is 0.352 e. The number of hydrogen-bond donors (Lipinski definition) is 1. The molecule has 1 amide bonds. The second-order valence-corrected chi connectivity index (χ2v) is 7.00. The van der Waals surface area contributed by atoms with Crippen molar-refractivity contribution in [3.05, 3.63) is 64.8 Å². The number of carbonyl (C=O) groups is 2. The predicted octanol–water partition coefficient (Wildman–Crippen LogP) is 4.57. The number of para-hydroxylation sites is 1. The van der Waals surface area contributed by atoms with Crippen LogP contribution in [0.2, 0.25) is 0 Å². The van der Waals surface area contributed by atoms with Crippen LogP contribution in [0.3, 0.4) is 0 Å². The molecule has 0 saturated heterocycles. The Bertz CT molecular complexity index is 1050. The number of rotatable bonds is 6. The number of amides is 1. The monoisotopic (exact) mass is 378 g/mol. The number of fused-ring (bicyclic) bond motifs is 1. The van der Waals surface area contributed by atoms with Gasteiger partial charge in [0, 0.05) is 35.2 Å². The SMILES string of the molecule is CCN(C(=O)Cc1c(C(=O)O)n(CC)c2ccccc12)c1ccc(C)cc1C. The lowest BCUT2D eigenvalue weighted by Crippen LogP contribution is -2.33. The third-order valence-electron chi connectivity index (χ3n) is 5.18. The van der Waals surface area contributed by atoms with E-state index in [9.17, 15) is 14.7 Å². The van der Waals surface area contributed by atoms with Crippen LogP contribution < -0.4 is 4.90 Å². The van der Waals surface area contributed by atoms with E-state index < -0.39 is 5.97 Å². The molecule has 0 aliphatic rings. The summed E-state index contributed by atoms with van der Waals surface area (Å²) in [6.07, 6.45) is 0.0519. The number of carboxylic acid groups (broad SMARTS) is 1. The summed E-state index contributed by atoms with van der Waals surface area (Å²) in [6, 6.07) is 13.6. The summed E-state index contributed by atoms with van der Waals surface area (Å²) in [5.41, 5.74) is 4.68. The molecule has 1 aromatic heterocycles. The number of benzene rings is 2. The lowest BCUT2D eigenvalue weighted by atomic mass is 10.0. The van der Waals surface area contributed by atoms with Crippen molar-refractivity contribution in [1.82, 2.24) is 4.57 Å². The third-order valence-corrected chi connectivity index (χ3v) is 5.18. The van der Waals surface area contributed by atoms with E-state index in [0.29, 0.717) is 18.7 Å². The zero-order valence-corrected chi connectivity index (χ0v) is 16.8. The van der Waals surface area contributed by atoms with E-state index >= 15 is 0 Å². The minimum Gasteiger partial charge on any atom is -0.477 e. The second kappa shape index (κ2) is 7.89. The molecule has 0 bridgehead atoms. The Morgan fingerprint density at radius 3 is 2.39 bits per heavy atom. The van der Waals surface area contributed by atoms with Crippen LogP contribution in [-0.2, 0) is 17.8 Å². The number of aromatic nitrogens is 1. The molecule has 0 aliphatic heterocycles. The maximum absolute atomic E-state index is 13.2. The predicted molar refractivity (Wildman–Crippen MR) is 112 cm³/mol. The summed E-state index contributed by atoms with van der Waals surface area (Å²) in [6.45, 7) is 8.92. The molecule has 3 rings (SSSR count). The van der Waals surface area contributed by atoms with Crippen molar-refractivity contribution >= 4 is 28.5 Å². The van der Waals surface area contributed by atoms with E-state index in [1.807, 2.05) is 64.1 Å². The van der Waals surface area contributed by atoms with Crippen molar-refractivity contribution in [2.24, 2.45) is 0 Å². The number of likely N-dealkylation sites (N-methyl/N-ethyl adjacent to an activating group) is 1. The van der Waals surface area contributed by atoms with Crippen LogP contribution in [0.4, 0.5) is 5.69 Å². The quantitative estimate of drug-likeness (QED) is 0.683. The topological polar surface area (TPSA) is 62.5 Å². The van der Waals surface area contributed by atoms with Gasteiger partial charge in [-0.15, -0.1) is 0 Å². The van der Waals surface area contributed by atoms with Gasteiger partial charge >= 0.3 is 5.97 Å². The Hall–Kier alpha value is -3.08. The van der Waals surface area contributed by atoms with E-state index in [4.69, 9.17) is 0 Å². The average molecular weight is 378 g/mol. The van der Waals surface area contributed by atoms with Gasteiger partial charge in [0.25, 0.3) is 0 Å². The molecule has 5 heteroatoms. The van der Waals surface area contributed by atoms with Crippen molar-refractivity contribution in [2.45, 2.75) is 40.7 Å². The minimum absolute atomic E-state index is 0.0519. The minimum atomic E-state index is -1.00. The fourth-order valence-electron chi connectivity index (χ4n) is 3.96. The Labute approximate surface area is 165 Å². The molecule has 5 nitrogen and oxygen atoms in total. The summed E-state index contributed by atoms with van der Waals surface area (Å²) in [7, 11) is 0. The Balaban J connectivity index is 2.07. The molecule has 0 radical (unpaired) electrons. The van der Waals surface area contributed by atoms with Gasteiger partial charge in [-0.3, -0.25) is 4.79 Å². The van der Waals surface area contributed by atoms with Crippen LogP contribution in [0.5, 0.6) is 0 Å². The number of carbonyl (C=O) groups excluding carboxylic acids is 1. The molecule has 0 unspecified atom stereocenters. The molecular weight excluding hydrogens is 352 g/mol. The Morgan fingerprint density at radius 1 is 1.07 bits per heavy atom. The van der Waals surface area contributed by atoms with E-state index in [-0.39, 0.29) is 18.0 Å². The van der Waals surface area contributed by atoms with Gasteiger partial charge in [-0.2, -0.15) is 0 Å². The maximum atomic E-state index is 13.2. The van der Waals surface area contributed by atoms with Crippen LogP contribution >= 0.6 is 0 Å². The first-order valence-electron chi connectivity index (χ1n) is 9.60. The van der Waals surface area contributed by atoms with Gasteiger partial charge in [0.1, 0.15) is 5.69 Å². The first-order chi connectivity index (χ1) is 13.4. The number of aromatic carboxylic acids is 1. The molecule has 0 atom stereocenters. The van der Waals surface area contributed by atoms with E-state index in [2.05, 4.69) is 6.07 Å². The van der Waals surface area contributed by atoms with Gasteiger partial charge in [-0.25, -0.2) is 4.79 Å². The standard InChI is InChI=1S/C23H26N2O3/c1-5-24(19-12-11-15(3)13-16(19)4)21(26)14-18-17-9-7-8-10-20(17)25(6-2)22(18)23(27)28/h7-13H,5-6,14H2,1-4H3,(H,27,28). The van der Waals surface area contributed by atoms with Crippen LogP contribution in [0.25, 0.3) is 10.9 Å². The van der Waals surface area contributed by atoms with Crippen molar-refractivity contribution < 1.29 is 14.7 Å². The highest BCUT2D eigenvalue weighted by atomic mass is 16.4. The lowest BCUT2D eigenvalue weighted by Gasteiger charge is -2.23. The first kappa shape index (κ1) is 19.7. The van der Waals surface area contributed by atoms with Gasteiger partial charge in [-0.05, 0) is 45.4 Å².